The standard InChI is InChI=1S/C17H15FN2O2.C9H18N4O/c1-19-20-17(15-5-3-2-4-13(15)10-21)9-12-6-7-16(18)14(8-12)11-22;1-6(10)8-5-14-9-4-12(2)3-7(9)13(8)11/h2-8,10-11,19H,9H2,1H3;7,9H,3-5,10-11H2,1-2H3/b20-17-;8-6-. The molecule has 2 unspecified atom stereocenters. The zero-order valence-corrected chi connectivity index (χ0v) is 20.8. The van der Waals surface area contributed by atoms with Gasteiger partial charge in [0.15, 0.2) is 12.6 Å². The second-order valence-electron chi connectivity index (χ2n) is 8.81. The molecule has 2 aromatic carbocycles. The third-order valence-corrected chi connectivity index (χ3v) is 6.18. The van der Waals surface area contributed by atoms with Gasteiger partial charge in [0.25, 0.3) is 0 Å². The Morgan fingerprint density at radius 2 is 1.92 bits per heavy atom. The molecule has 192 valence electrons. The third-order valence-electron chi connectivity index (χ3n) is 6.18. The van der Waals surface area contributed by atoms with Crippen LogP contribution in [0.5, 0.6) is 0 Å². The minimum Gasteiger partial charge on any atom is -0.401 e. The van der Waals surface area contributed by atoms with Crippen LogP contribution in [0.1, 0.15) is 38.8 Å². The minimum atomic E-state index is -0.556. The maximum absolute atomic E-state index is 13.4. The van der Waals surface area contributed by atoms with Crippen LogP contribution in [0, 0.1) is 5.82 Å². The van der Waals surface area contributed by atoms with Crippen LogP contribution in [0.15, 0.2) is 59.0 Å². The molecule has 10 heteroatoms. The molecular weight excluding hydrogens is 463 g/mol. The number of halogens is 1. The molecule has 0 saturated carbocycles. The van der Waals surface area contributed by atoms with Crippen molar-refractivity contribution in [1.82, 2.24) is 15.3 Å². The van der Waals surface area contributed by atoms with Crippen molar-refractivity contribution in [3.05, 3.63) is 81.9 Å². The number of allylic oxidation sites excluding steroid dienone is 1. The van der Waals surface area contributed by atoms with Crippen LogP contribution < -0.4 is 17.0 Å². The third kappa shape index (κ3) is 6.34. The number of hydrogen-bond acceptors (Lipinski definition) is 9. The molecule has 2 heterocycles. The zero-order valence-electron chi connectivity index (χ0n) is 20.8. The first kappa shape index (κ1) is 27.0. The number of nitrogens with zero attached hydrogens (tertiary/aromatic N) is 3. The molecule has 2 aliphatic rings. The van der Waals surface area contributed by atoms with E-state index in [-0.39, 0.29) is 17.7 Å². The molecule has 5 N–H and O–H groups in total. The maximum Gasteiger partial charge on any atom is 0.153 e. The summed E-state index contributed by atoms with van der Waals surface area (Å²) in [5.41, 5.74) is 12.7. The Hall–Kier alpha value is -3.60. The average molecular weight is 497 g/mol. The van der Waals surface area contributed by atoms with E-state index in [9.17, 15) is 14.0 Å². The number of aldehydes is 2. The number of nitrogens with one attached hydrogen (secondary N) is 1. The summed E-state index contributed by atoms with van der Waals surface area (Å²) in [5.74, 6) is 5.46. The van der Waals surface area contributed by atoms with Crippen LogP contribution in [-0.2, 0) is 11.2 Å². The van der Waals surface area contributed by atoms with Gasteiger partial charge in [-0.25, -0.2) is 10.2 Å². The van der Waals surface area contributed by atoms with Crippen LogP contribution >= 0.6 is 0 Å². The molecule has 0 spiro atoms. The van der Waals surface area contributed by atoms with Crippen molar-refractivity contribution >= 4 is 18.3 Å². The first-order valence-electron chi connectivity index (χ1n) is 11.6. The SMILES string of the molecule is C/C(N)=C1\COC2CN(C)CC2N1N.CN/N=C(/Cc1ccc(F)c(C=O)c1)c1ccccc1C=O. The summed E-state index contributed by atoms with van der Waals surface area (Å²) in [6.07, 6.45) is 1.84. The van der Waals surface area contributed by atoms with Crippen LogP contribution in [-0.4, -0.2) is 74.1 Å². The van der Waals surface area contributed by atoms with Crippen molar-refractivity contribution in [2.75, 3.05) is 33.8 Å². The van der Waals surface area contributed by atoms with Gasteiger partial charge in [-0.3, -0.25) is 9.59 Å². The number of likely N-dealkylation sites (N-methyl/N-ethyl adjacent to an activating group) is 1. The van der Waals surface area contributed by atoms with Crippen LogP contribution in [0.25, 0.3) is 0 Å². The number of carbonyl (C=O) groups is 2. The number of ether oxygens (including phenoxy) is 1. The predicted octanol–water partition coefficient (Wildman–Crippen LogP) is 1.68. The van der Waals surface area contributed by atoms with Gasteiger partial charge in [0.05, 0.1) is 35.7 Å². The summed E-state index contributed by atoms with van der Waals surface area (Å²) in [7, 11) is 3.74. The van der Waals surface area contributed by atoms with E-state index in [1.807, 2.05) is 13.0 Å². The summed E-state index contributed by atoms with van der Waals surface area (Å²) in [5, 5.41) is 5.99. The van der Waals surface area contributed by atoms with E-state index in [0.29, 0.717) is 36.2 Å². The Morgan fingerprint density at radius 3 is 2.58 bits per heavy atom. The summed E-state index contributed by atoms with van der Waals surface area (Å²) in [6, 6.07) is 11.7. The first-order chi connectivity index (χ1) is 17.3. The van der Waals surface area contributed by atoms with Gasteiger partial charge >= 0.3 is 0 Å². The number of fused-ring (bicyclic) bond motifs is 1. The molecule has 0 aromatic heterocycles. The lowest BCUT2D eigenvalue weighted by Crippen LogP contribution is -2.53. The van der Waals surface area contributed by atoms with Gasteiger partial charge in [0.2, 0.25) is 0 Å². The van der Waals surface area contributed by atoms with Gasteiger partial charge in [-0.2, -0.15) is 5.10 Å². The number of hydrogen-bond donors (Lipinski definition) is 3. The van der Waals surface area contributed by atoms with E-state index in [1.165, 1.54) is 12.1 Å². The molecule has 9 nitrogen and oxygen atoms in total. The highest BCUT2D eigenvalue weighted by Gasteiger charge is 2.39. The molecule has 2 aromatic rings. The van der Waals surface area contributed by atoms with Crippen LogP contribution in [0.4, 0.5) is 4.39 Å². The average Bonchev–Trinajstić information content (AvgIpc) is 3.26. The van der Waals surface area contributed by atoms with E-state index >= 15 is 0 Å². The lowest BCUT2D eigenvalue weighted by atomic mass is 9.97. The molecule has 0 bridgehead atoms. The number of carbonyl (C=O) groups excluding carboxylic acids is 2. The van der Waals surface area contributed by atoms with Gasteiger partial charge in [0, 0.05) is 43.4 Å². The van der Waals surface area contributed by atoms with Crippen molar-refractivity contribution in [1.29, 1.82) is 0 Å². The van der Waals surface area contributed by atoms with Crippen molar-refractivity contribution in [3.8, 4) is 0 Å². The zero-order chi connectivity index (χ0) is 26.2. The molecule has 2 fully saturated rings. The van der Waals surface area contributed by atoms with Gasteiger partial charge in [-0.1, -0.05) is 30.3 Å². The van der Waals surface area contributed by atoms with Gasteiger partial charge < -0.3 is 25.8 Å². The Kier molecular flexibility index (Phi) is 9.29. The number of likely N-dealkylation sites (tertiary alicyclic amines) is 1. The lowest BCUT2D eigenvalue weighted by Gasteiger charge is -2.37. The molecule has 2 aliphatic heterocycles. The summed E-state index contributed by atoms with van der Waals surface area (Å²) in [4.78, 5) is 24.2. The van der Waals surface area contributed by atoms with Crippen molar-refractivity contribution in [2.24, 2.45) is 16.7 Å². The topological polar surface area (TPSA) is 126 Å². The van der Waals surface area contributed by atoms with E-state index in [2.05, 4.69) is 22.5 Å². The Bertz CT molecular complexity index is 1150. The monoisotopic (exact) mass is 496 g/mol. The number of hydrazine groups is 1. The minimum absolute atomic E-state index is 0.00461. The van der Waals surface area contributed by atoms with E-state index < -0.39 is 5.82 Å². The number of benzene rings is 2. The highest BCUT2D eigenvalue weighted by Crippen LogP contribution is 2.25. The number of nitrogens with two attached hydrogens (primary N) is 2. The Morgan fingerprint density at radius 1 is 1.19 bits per heavy atom. The molecule has 36 heavy (non-hydrogen) atoms. The molecule has 4 rings (SSSR count). The van der Waals surface area contributed by atoms with E-state index in [4.69, 9.17) is 16.3 Å². The Labute approximate surface area is 210 Å². The summed E-state index contributed by atoms with van der Waals surface area (Å²) < 4.78 is 19.1. The maximum atomic E-state index is 13.4. The van der Waals surface area contributed by atoms with Crippen molar-refractivity contribution in [3.63, 3.8) is 0 Å². The fourth-order valence-corrected chi connectivity index (χ4v) is 4.33. The van der Waals surface area contributed by atoms with Gasteiger partial charge in [0.1, 0.15) is 5.82 Å². The number of rotatable bonds is 6. The number of hydrazone groups is 1. The molecular formula is C26H33FN6O3. The number of morpholine rings is 1. The van der Waals surface area contributed by atoms with Crippen molar-refractivity contribution < 1.29 is 18.7 Å². The normalized spacial score (nSPS) is 21.2. The molecule has 0 amide bonds. The van der Waals surface area contributed by atoms with Gasteiger partial charge in [-0.15, -0.1) is 0 Å². The second-order valence-corrected chi connectivity index (χ2v) is 8.81. The molecule has 0 radical (unpaired) electrons. The smallest absolute Gasteiger partial charge is 0.153 e. The molecule has 2 atom stereocenters. The largest absolute Gasteiger partial charge is 0.401 e. The lowest BCUT2D eigenvalue weighted by molar-refractivity contribution is -0.0192. The second kappa shape index (κ2) is 12.4. The highest BCUT2D eigenvalue weighted by molar-refractivity contribution is 6.07. The first-order valence-corrected chi connectivity index (χ1v) is 11.6. The fraction of sp³-hybridized carbons (Fsp3) is 0.346. The van der Waals surface area contributed by atoms with Crippen molar-refractivity contribution in [2.45, 2.75) is 25.5 Å². The summed E-state index contributed by atoms with van der Waals surface area (Å²) in [6.45, 7) is 4.29. The van der Waals surface area contributed by atoms with Crippen LogP contribution in [0.3, 0.4) is 0 Å². The predicted molar refractivity (Wildman–Crippen MR) is 137 cm³/mol. The highest BCUT2D eigenvalue weighted by atomic mass is 19.1. The Balaban J connectivity index is 0.000000221. The molecule has 0 aliphatic carbocycles. The summed E-state index contributed by atoms with van der Waals surface area (Å²) >= 11 is 0. The van der Waals surface area contributed by atoms with Crippen LogP contribution in [0.2, 0.25) is 0 Å². The van der Waals surface area contributed by atoms with Gasteiger partial charge in [-0.05, 0) is 31.7 Å². The fourth-order valence-electron chi connectivity index (χ4n) is 4.33. The van der Waals surface area contributed by atoms with E-state index in [1.54, 1.807) is 36.3 Å². The van der Waals surface area contributed by atoms with E-state index in [0.717, 1.165) is 36.3 Å². The quantitative estimate of drug-likeness (QED) is 0.239. The molecule has 2 saturated heterocycles.